The van der Waals surface area contributed by atoms with Crippen molar-refractivity contribution in [2.45, 2.75) is 97.1 Å². The van der Waals surface area contributed by atoms with Gasteiger partial charge in [-0.15, -0.1) is 0 Å². The van der Waals surface area contributed by atoms with Crippen molar-refractivity contribution in [3.63, 3.8) is 0 Å². The molecular weight excluding hydrogens is 379 g/mol. The third-order valence-electron chi connectivity index (χ3n) is 10.6. The van der Waals surface area contributed by atoms with Crippen LogP contribution in [0.5, 0.6) is 0 Å². The number of methoxy groups -OCH3 is 1. The highest BCUT2D eigenvalue weighted by molar-refractivity contribution is 7.24. The quantitative estimate of drug-likeness (QED) is 0.359. The maximum absolute atomic E-state index is 11.7. The molecule has 0 aromatic heterocycles. The van der Waals surface area contributed by atoms with Gasteiger partial charge in [-0.1, -0.05) is 20.8 Å². The van der Waals surface area contributed by atoms with Crippen LogP contribution in [0.2, 0.25) is 0 Å². The van der Waals surface area contributed by atoms with E-state index in [-0.39, 0.29) is 5.97 Å². The molecule has 4 saturated carbocycles. The molecule has 164 valence electrons. The van der Waals surface area contributed by atoms with Crippen molar-refractivity contribution in [2.24, 2.45) is 46.3 Å². The van der Waals surface area contributed by atoms with Gasteiger partial charge in [-0.05, 0) is 111 Å². The van der Waals surface area contributed by atoms with Gasteiger partial charge in [-0.2, -0.15) is 0 Å². The van der Waals surface area contributed by atoms with Crippen molar-refractivity contribution in [3.8, 4) is 0 Å². The van der Waals surface area contributed by atoms with E-state index in [1.165, 1.54) is 58.5 Å². The largest absolute Gasteiger partial charge is 0.469 e. The van der Waals surface area contributed by atoms with E-state index in [9.17, 15) is 9.36 Å². The fourth-order valence-corrected chi connectivity index (χ4v) is 9.53. The van der Waals surface area contributed by atoms with E-state index >= 15 is 0 Å². The Hall–Kier alpha value is -0.430. The highest BCUT2D eigenvalue weighted by atomic mass is 31.1. The number of fused-ring (bicyclic) bond motifs is 5. The van der Waals surface area contributed by atoms with E-state index in [0.717, 1.165) is 42.4 Å². The van der Waals surface area contributed by atoms with Crippen LogP contribution in [0.4, 0.5) is 0 Å². The van der Waals surface area contributed by atoms with Crippen LogP contribution < -0.4 is 0 Å². The summed E-state index contributed by atoms with van der Waals surface area (Å²) in [6.07, 6.45) is 13.5. The predicted molar refractivity (Wildman–Crippen MR) is 117 cm³/mol. The molecule has 9 atom stereocenters. The summed E-state index contributed by atoms with van der Waals surface area (Å²) in [5.41, 5.74) is 1.37. The van der Waals surface area contributed by atoms with Crippen molar-refractivity contribution < 1.29 is 14.1 Å². The number of hydrogen-bond acceptors (Lipinski definition) is 3. The smallest absolute Gasteiger partial charge is 0.305 e. The molecule has 0 heterocycles. The Bertz CT molecular complexity index is 636. The molecule has 4 heteroatoms. The number of ether oxygens (including phenoxy) is 1. The van der Waals surface area contributed by atoms with E-state index < -0.39 is 0 Å². The Morgan fingerprint density at radius 1 is 1.03 bits per heavy atom. The minimum Gasteiger partial charge on any atom is -0.469 e. The number of rotatable bonds is 5. The maximum Gasteiger partial charge on any atom is 0.305 e. The normalized spacial score (nSPS) is 47.7. The Kier molecular flexibility index (Phi) is 6.20. The van der Waals surface area contributed by atoms with Gasteiger partial charge < -0.3 is 4.74 Å². The maximum atomic E-state index is 11.7. The van der Waals surface area contributed by atoms with Crippen LogP contribution in [0.15, 0.2) is 0 Å². The predicted octanol–water partition coefficient (Wildman–Crippen LogP) is 6.89. The first-order chi connectivity index (χ1) is 13.8. The second kappa shape index (κ2) is 8.25. The fourth-order valence-electron chi connectivity index (χ4n) is 8.96. The van der Waals surface area contributed by atoms with Crippen molar-refractivity contribution in [3.05, 3.63) is 0 Å². The fraction of sp³-hybridized carbons (Fsp3) is 0.960. The third-order valence-corrected chi connectivity index (χ3v) is 11.3. The number of hydrogen-bond donors (Lipinski definition) is 0. The molecule has 0 amide bonds. The average molecular weight is 421 g/mol. The molecule has 0 aromatic rings. The lowest BCUT2D eigenvalue weighted by Crippen LogP contribution is -2.53. The molecule has 3 unspecified atom stereocenters. The summed E-state index contributed by atoms with van der Waals surface area (Å²) in [5, 5.41) is 0. The number of esters is 1. The molecule has 4 fully saturated rings. The van der Waals surface area contributed by atoms with Crippen molar-refractivity contribution >= 4 is 14.4 Å². The first-order valence-corrected chi connectivity index (χ1v) is 13.1. The first kappa shape index (κ1) is 21.8. The van der Waals surface area contributed by atoms with Gasteiger partial charge >= 0.3 is 5.97 Å². The summed E-state index contributed by atoms with van der Waals surface area (Å²) in [6.45, 7) is 7.58. The molecule has 4 aliphatic carbocycles. The molecule has 4 rings (SSSR count). The van der Waals surface area contributed by atoms with Gasteiger partial charge in [0.25, 0.3) is 0 Å². The van der Waals surface area contributed by atoms with Gasteiger partial charge in [0.1, 0.15) is 0 Å². The van der Waals surface area contributed by atoms with E-state index in [2.05, 4.69) is 20.8 Å². The molecule has 29 heavy (non-hydrogen) atoms. The molecule has 0 aliphatic heterocycles. The summed E-state index contributed by atoms with van der Waals surface area (Å²) < 4.78 is 16.4. The standard InChI is InChI=1S/C25H41O3P/c1-16(5-10-23(26)28-4)20-8-9-21-19-7-6-17-15-18(29-27)11-13-24(17,2)22(19)12-14-25(20,21)3/h16-22H,5-15H2,1-4H3/t16-,17-,18-,19?,20-,21?,22?,24+,25-/m1/s1. The number of carbonyl (C=O) groups excluding carboxylic acids is 1. The Balaban J connectivity index is 1.48. The van der Waals surface area contributed by atoms with Gasteiger partial charge in [-0.3, -0.25) is 9.36 Å². The summed E-state index contributed by atoms with van der Waals surface area (Å²) in [4.78, 5) is 11.7. The highest BCUT2D eigenvalue weighted by Gasteiger charge is 2.60. The summed E-state index contributed by atoms with van der Waals surface area (Å²) in [6, 6.07) is 0. The Morgan fingerprint density at radius 2 is 1.76 bits per heavy atom. The van der Waals surface area contributed by atoms with E-state index in [4.69, 9.17) is 4.74 Å². The van der Waals surface area contributed by atoms with Crippen LogP contribution in [-0.2, 0) is 14.1 Å². The topological polar surface area (TPSA) is 43.4 Å². The molecule has 0 aromatic carbocycles. The summed E-state index contributed by atoms with van der Waals surface area (Å²) in [5.74, 6) is 4.77. The van der Waals surface area contributed by atoms with Gasteiger partial charge in [0.15, 0.2) is 8.46 Å². The number of carbonyl (C=O) groups is 1. The lowest BCUT2D eigenvalue weighted by Gasteiger charge is -2.61. The molecular formula is C25H41O3P. The van der Waals surface area contributed by atoms with Gasteiger partial charge in [0.05, 0.1) is 7.11 Å². The second-order valence-corrected chi connectivity index (χ2v) is 12.5. The average Bonchev–Trinajstić information content (AvgIpc) is 3.08. The molecule has 0 spiro atoms. The Labute approximate surface area is 179 Å². The van der Waals surface area contributed by atoms with Crippen molar-refractivity contribution in [1.82, 2.24) is 0 Å². The van der Waals surface area contributed by atoms with E-state index in [1.807, 2.05) is 0 Å². The molecule has 3 nitrogen and oxygen atoms in total. The monoisotopic (exact) mass is 420 g/mol. The van der Waals surface area contributed by atoms with Crippen molar-refractivity contribution in [2.75, 3.05) is 7.11 Å². The van der Waals surface area contributed by atoms with Crippen LogP contribution in [0.3, 0.4) is 0 Å². The van der Waals surface area contributed by atoms with Crippen LogP contribution in [-0.4, -0.2) is 18.7 Å². The third kappa shape index (κ3) is 3.62. The van der Waals surface area contributed by atoms with Crippen LogP contribution in [0, 0.1) is 46.3 Å². The minimum atomic E-state index is -0.0559. The van der Waals surface area contributed by atoms with E-state index in [1.54, 1.807) is 0 Å². The minimum absolute atomic E-state index is 0.0559. The zero-order chi connectivity index (χ0) is 20.8. The van der Waals surface area contributed by atoms with Crippen LogP contribution >= 0.6 is 8.46 Å². The molecule has 0 bridgehead atoms. The van der Waals surface area contributed by atoms with Crippen LogP contribution in [0.1, 0.15) is 91.4 Å². The van der Waals surface area contributed by atoms with Crippen molar-refractivity contribution in [1.29, 1.82) is 0 Å². The van der Waals surface area contributed by atoms with Gasteiger partial charge in [0, 0.05) is 12.1 Å². The molecule has 4 aliphatic rings. The highest BCUT2D eigenvalue weighted by Crippen LogP contribution is 2.68. The summed E-state index contributed by atoms with van der Waals surface area (Å²) in [7, 11) is 1.89. The molecule has 0 radical (unpaired) electrons. The zero-order valence-electron chi connectivity index (χ0n) is 19.0. The van der Waals surface area contributed by atoms with E-state index in [0.29, 0.717) is 37.3 Å². The van der Waals surface area contributed by atoms with Gasteiger partial charge in [0.2, 0.25) is 0 Å². The van der Waals surface area contributed by atoms with Crippen LogP contribution in [0.25, 0.3) is 0 Å². The summed E-state index contributed by atoms with van der Waals surface area (Å²) >= 11 is 0. The Morgan fingerprint density at radius 3 is 2.48 bits per heavy atom. The van der Waals surface area contributed by atoms with Gasteiger partial charge in [-0.25, -0.2) is 0 Å². The first-order valence-electron chi connectivity index (χ1n) is 12.2. The zero-order valence-corrected chi connectivity index (χ0v) is 19.9. The molecule has 0 saturated heterocycles. The second-order valence-electron chi connectivity index (χ2n) is 11.5. The molecule has 0 N–H and O–H groups in total. The SMILES string of the molecule is COC(=O)CC[C@@H](C)[C@H]1CCC2C3CC[C@@H]4C[C@H](P=O)CC[C@]4(C)C3CC[C@@]21C. The lowest BCUT2D eigenvalue weighted by atomic mass is 9.44. The lowest BCUT2D eigenvalue weighted by molar-refractivity contribution is -0.141.